The fraction of sp³-hybridized carbons (Fsp3) is 0.360. The Morgan fingerprint density at radius 3 is 2.55 bits per heavy atom. The minimum atomic E-state index is -0.255. The molecule has 1 aromatic heterocycles. The molecule has 1 amide bonds. The van der Waals surface area contributed by atoms with E-state index < -0.39 is 0 Å². The van der Waals surface area contributed by atoms with Crippen molar-refractivity contribution in [1.29, 1.82) is 0 Å². The van der Waals surface area contributed by atoms with Crippen molar-refractivity contribution in [2.24, 2.45) is 0 Å². The fourth-order valence-corrected chi connectivity index (χ4v) is 4.63. The zero-order valence-electron chi connectivity index (χ0n) is 19.0. The molecule has 0 spiro atoms. The summed E-state index contributed by atoms with van der Waals surface area (Å²) in [6.07, 6.45) is 5.45. The number of hydrogen-bond acceptors (Lipinski definition) is 7. The Morgan fingerprint density at radius 1 is 1.06 bits per heavy atom. The van der Waals surface area contributed by atoms with Gasteiger partial charge in [-0.15, -0.1) is 0 Å². The number of thiazole rings is 1. The van der Waals surface area contributed by atoms with Crippen LogP contribution in [0, 0.1) is 0 Å². The predicted octanol–water partition coefficient (Wildman–Crippen LogP) is 4.94. The van der Waals surface area contributed by atoms with Gasteiger partial charge in [-0.2, -0.15) is 0 Å². The third-order valence-corrected chi connectivity index (χ3v) is 6.56. The molecule has 1 aliphatic heterocycles. The number of likely N-dealkylation sites (tertiary alicyclic amines) is 1. The lowest BCUT2D eigenvalue weighted by Gasteiger charge is -2.14. The van der Waals surface area contributed by atoms with Gasteiger partial charge in [0.25, 0.3) is 5.91 Å². The fourth-order valence-electron chi connectivity index (χ4n) is 3.81. The van der Waals surface area contributed by atoms with Gasteiger partial charge in [0.2, 0.25) is 0 Å². The van der Waals surface area contributed by atoms with Gasteiger partial charge in [0.1, 0.15) is 5.75 Å². The SMILES string of the molecule is COc1ccc(C(=O)Nc2ncc(-c3ccc(OCCCN4CCCC4)cc3)s2)cc1OC. The lowest BCUT2D eigenvalue weighted by atomic mass is 10.2. The second-order valence-electron chi connectivity index (χ2n) is 7.83. The van der Waals surface area contributed by atoms with Gasteiger partial charge in [-0.3, -0.25) is 10.1 Å². The molecule has 2 heterocycles. The van der Waals surface area contributed by atoms with Crippen LogP contribution in [0.1, 0.15) is 29.6 Å². The van der Waals surface area contributed by atoms with Crippen LogP contribution in [-0.4, -0.2) is 56.3 Å². The predicted molar refractivity (Wildman–Crippen MR) is 131 cm³/mol. The Labute approximate surface area is 198 Å². The summed E-state index contributed by atoms with van der Waals surface area (Å²) >= 11 is 1.42. The van der Waals surface area contributed by atoms with Crippen LogP contribution < -0.4 is 19.5 Å². The molecule has 2 aromatic carbocycles. The number of rotatable bonds is 10. The molecule has 0 bridgehead atoms. The van der Waals surface area contributed by atoms with Gasteiger partial charge >= 0.3 is 0 Å². The maximum atomic E-state index is 12.6. The van der Waals surface area contributed by atoms with Crippen LogP contribution in [0.15, 0.2) is 48.7 Å². The highest BCUT2D eigenvalue weighted by atomic mass is 32.1. The first kappa shape index (κ1) is 23.1. The second-order valence-corrected chi connectivity index (χ2v) is 8.86. The minimum absolute atomic E-state index is 0.255. The lowest BCUT2D eigenvalue weighted by Crippen LogP contribution is -2.21. The number of nitrogens with one attached hydrogen (secondary N) is 1. The average Bonchev–Trinajstić information content (AvgIpc) is 3.54. The van der Waals surface area contributed by atoms with Crippen molar-refractivity contribution in [3.63, 3.8) is 0 Å². The molecule has 8 heteroatoms. The molecular formula is C25H29N3O4S. The van der Waals surface area contributed by atoms with Gasteiger partial charge in [-0.05, 0) is 80.4 Å². The molecule has 0 aliphatic carbocycles. The monoisotopic (exact) mass is 467 g/mol. The Morgan fingerprint density at radius 2 is 1.82 bits per heavy atom. The van der Waals surface area contributed by atoms with Gasteiger partial charge in [0.15, 0.2) is 16.6 Å². The molecule has 3 aromatic rings. The molecule has 0 unspecified atom stereocenters. The standard InChI is InChI=1S/C25H29N3O4S/c1-30-21-11-8-19(16-22(21)31-2)24(29)27-25-26-17-23(33-25)18-6-9-20(10-7-18)32-15-5-14-28-12-3-4-13-28/h6-11,16-17H,3-5,12-15H2,1-2H3,(H,26,27,29). The smallest absolute Gasteiger partial charge is 0.257 e. The highest BCUT2D eigenvalue weighted by Crippen LogP contribution is 2.31. The number of anilines is 1. The van der Waals surface area contributed by atoms with E-state index in [4.69, 9.17) is 14.2 Å². The van der Waals surface area contributed by atoms with Crippen molar-refractivity contribution in [2.45, 2.75) is 19.3 Å². The van der Waals surface area contributed by atoms with E-state index in [1.165, 1.54) is 44.4 Å². The van der Waals surface area contributed by atoms with Crippen LogP contribution in [-0.2, 0) is 0 Å². The third kappa shape index (κ3) is 6.03. The van der Waals surface area contributed by atoms with Crippen molar-refractivity contribution >= 4 is 22.4 Å². The summed E-state index contributed by atoms with van der Waals surface area (Å²) in [6.45, 7) is 4.28. The first-order valence-corrected chi connectivity index (χ1v) is 11.9. The minimum Gasteiger partial charge on any atom is -0.494 e. The first-order chi connectivity index (χ1) is 16.2. The molecule has 174 valence electrons. The number of amides is 1. The largest absolute Gasteiger partial charge is 0.494 e. The maximum absolute atomic E-state index is 12.6. The Balaban J connectivity index is 1.30. The second kappa shape index (κ2) is 11.2. The van der Waals surface area contributed by atoms with E-state index in [0.29, 0.717) is 22.2 Å². The van der Waals surface area contributed by atoms with E-state index in [2.05, 4.69) is 15.2 Å². The maximum Gasteiger partial charge on any atom is 0.257 e. The summed E-state index contributed by atoms with van der Waals surface area (Å²) in [4.78, 5) is 20.4. The number of ether oxygens (including phenoxy) is 3. The van der Waals surface area contributed by atoms with Crippen molar-refractivity contribution < 1.29 is 19.0 Å². The highest BCUT2D eigenvalue weighted by Gasteiger charge is 2.14. The topological polar surface area (TPSA) is 72.9 Å². The Bertz CT molecular complexity index is 1060. The third-order valence-electron chi connectivity index (χ3n) is 5.60. The van der Waals surface area contributed by atoms with E-state index in [1.54, 1.807) is 31.5 Å². The highest BCUT2D eigenvalue weighted by molar-refractivity contribution is 7.19. The Hall–Kier alpha value is -3.10. The summed E-state index contributed by atoms with van der Waals surface area (Å²) < 4.78 is 16.4. The number of aromatic nitrogens is 1. The van der Waals surface area contributed by atoms with Crippen LogP contribution in [0.5, 0.6) is 17.2 Å². The first-order valence-electron chi connectivity index (χ1n) is 11.1. The number of hydrogen-bond donors (Lipinski definition) is 1. The quantitative estimate of drug-likeness (QED) is 0.426. The van der Waals surface area contributed by atoms with Gasteiger partial charge in [-0.1, -0.05) is 11.3 Å². The van der Waals surface area contributed by atoms with E-state index in [9.17, 15) is 4.79 Å². The average molecular weight is 468 g/mol. The van der Waals surface area contributed by atoms with Crippen LogP contribution in [0.4, 0.5) is 5.13 Å². The molecular weight excluding hydrogens is 438 g/mol. The molecule has 0 atom stereocenters. The summed E-state index contributed by atoms with van der Waals surface area (Å²) in [6, 6.07) is 13.0. The summed E-state index contributed by atoms with van der Waals surface area (Å²) in [7, 11) is 3.10. The van der Waals surface area contributed by atoms with Crippen LogP contribution in [0.25, 0.3) is 10.4 Å². The molecule has 4 rings (SSSR count). The van der Waals surface area contributed by atoms with E-state index in [0.717, 1.165) is 35.8 Å². The zero-order chi connectivity index (χ0) is 23.0. The van der Waals surface area contributed by atoms with Crippen LogP contribution >= 0.6 is 11.3 Å². The molecule has 33 heavy (non-hydrogen) atoms. The number of nitrogens with zero attached hydrogens (tertiary/aromatic N) is 2. The van der Waals surface area contributed by atoms with E-state index in [1.807, 2.05) is 24.3 Å². The van der Waals surface area contributed by atoms with Gasteiger partial charge in [-0.25, -0.2) is 4.98 Å². The lowest BCUT2D eigenvalue weighted by molar-refractivity contribution is 0.102. The molecule has 1 saturated heterocycles. The normalized spacial score (nSPS) is 13.6. The molecule has 1 fully saturated rings. The number of benzene rings is 2. The van der Waals surface area contributed by atoms with Crippen LogP contribution in [0.3, 0.4) is 0 Å². The summed E-state index contributed by atoms with van der Waals surface area (Å²) in [5, 5.41) is 3.38. The molecule has 1 N–H and O–H groups in total. The number of carbonyl (C=O) groups excluding carboxylic acids is 1. The molecule has 1 aliphatic rings. The van der Waals surface area contributed by atoms with Crippen molar-refractivity contribution in [3.05, 3.63) is 54.2 Å². The van der Waals surface area contributed by atoms with E-state index in [-0.39, 0.29) is 5.91 Å². The van der Waals surface area contributed by atoms with Crippen molar-refractivity contribution in [3.8, 4) is 27.7 Å². The number of methoxy groups -OCH3 is 2. The summed E-state index contributed by atoms with van der Waals surface area (Å²) in [5.74, 6) is 1.69. The summed E-state index contributed by atoms with van der Waals surface area (Å²) in [5.41, 5.74) is 1.50. The molecule has 0 saturated carbocycles. The molecule has 0 radical (unpaired) electrons. The number of carbonyl (C=O) groups is 1. The van der Waals surface area contributed by atoms with Gasteiger partial charge in [0.05, 0.1) is 25.7 Å². The van der Waals surface area contributed by atoms with E-state index >= 15 is 0 Å². The Kier molecular flexibility index (Phi) is 7.80. The van der Waals surface area contributed by atoms with Crippen LogP contribution in [0.2, 0.25) is 0 Å². The van der Waals surface area contributed by atoms with Crippen molar-refractivity contribution in [2.75, 3.05) is 45.8 Å². The molecule has 7 nitrogen and oxygen atoms in total. The van der Waals surface area contributed by atoms with Gasteiger partial charge < -0.3 is 19.1 Å². The van der Waals surface area contributed by atoms with Crippen molar-refractivity contribution in [1.82, 2.24) is 9.88 Å². The van der Waals surface area contributed by atoms with Gasteiger partial charge in [0, 0.05) is 18.3 Å². The zero-order valence-corrected chi connectivity index (χ0v) is 19.8.